The zero-order valence-corrected chi connectivity index (χ0v) is 11.7. The topological polar surface area (TPSA) is 29.5 Å². The highest BCUT2D eigenvalue weighted by Crippen LogP contribution is 1.96. The summed E-state index contributed by atoms with van der Waals surface area (Å²) in [4.78, 5) is 12.2. The molecular formula is C13H29NO2. The van der Waals surface area contributed by atoms with Gasteiger partial charge in [0, 0.05) is 6.92 Å². The number of hydrogen-bond donors (Lipinski definition) is 0. The number of unbranched alkanes of at least 4 members (excludes halogenated alkanes) is 2. The number of carbonyl (C=O) groups excluding carboxylic acids is 1. The van der Waals surface area contributed by atoms with Crippen molar-refractivity contribution in [3.8, 4) is 0 Å². The fourth-order valence-electron chi connectivity index (χ4n) is 1.33. The summed E-state index contributed by atoms with van der Waals surface area (Å²) in [5.41, 5.74) is 0. The zero-order chi connectivity index (χ0) is 12.8. The van der Waals surface area contributed by atoms with Crippen LogP contribution in [0.1, 0.15) is 53.4 Å². The summed E-state index contributed by atoms with van der Waals surface area (Å²) in [5, 5.41) is 0. The molecule has 0 aliphatic heterocycles. The molecule has 0 unspecified atom stereocenters. The van der Waals surface area contributed by atoms with E-state index < -0.39 is 0 Å². The Morgan fingerprint density at radius 2 is 1.69 bits per heavy atom. The van der Waals surface area contributed by atoms with Gasteiger partial charge in [-0.3, -0.25) is 4.79 Å². The predicted molar refractivity (Wildman–Crippen MR) is 69.6 cm³/mol. The maximum atomic E-state index is 9.82. The van der Waals surface area contributed by atoms with E-state index in [0.717, 1.165) is 0 Å². The standard InChI is InChI=1S/C9H21N.C4H8O2/c1-4-6-7-9-10(3)8-5-2;1-3-6-4(2)5/h4-9H2,1-3H3;3H2,1-2H3. The molecule has 0 bridgehead atoms. The van der Waals surface area contributed by atoms with Crippen molar-refractivity contribution in [3.63, 3.8) is 0 Å². The molecule has 0 spiro atoms. The van der Waals surface area contributed by atoms with Crippen LogP contribution in [-0.2, 0) is 9.53 Å². The molecule has 0 atom stereocenters. The Hall–Kier alpha value is -0.570. The van der Waals surface area contributed by atoms with Gasteiger partial charge < -0.3 is 9.64 Å². The van der Waals surface area contributed by atoms with Gasteiger partial charge in [-0.05, 0) is 39.9 Å². The van der Waals surface area contributed by atoms with Gasteiger partial charge in [0.15, 0.2) is 0 Å². The molecule has 0 fully saturated rings. The van der Waals surface area contributed by atoms with Crippen LogP contribution in [0.25, 0.3) is 0 Å². The maximum Gasteiger partial charge on any atom is 0.302 e. The van der Waals surface area contributed by atoms with Gasteiger partial charge in [0.2, 0.25) is 0 Å². The van der Waals surface area contributed by atoms with Crippen molar-refractivity contribution in [3.05, 3.63) is 0 Å². The molecule has 0 amide bonds. The Morgan fingerprint density at radius 1 is 1.06 bits per heavy atom. The molecule has 0 aromatic carbocycles. The zero-order valence-electron chi connectivity index (χ0n) is 11.7. The van der Waals surface area contributed by atoms with E-state index in [4.69, 9.17) is 0 Å². The normalized spacial score (nSPS) is 9.62. The van der Waals surface area contributed by atoms with Gasteiger partial charge >= 0.3 is 5.97 Å². The van der Waals surface area contributed by atoms with E-state index in [-0.39, 0.29) is 5.97 Å². The Morgan fingerprint density at radius 3 is 2.00 bits per heavy atom. The average Bonchev–Trinajstić information content (AvgIpc) is 2.19. The fraction of sp³-hybridized carbons (Fsp3) is 0.923. The molecule has 3 nitrogen and oxygen atoms in total. The smallest absolute Gasteiger partial charge is 0.302 e. The third-order valence-electron chi connectivity index (χ3n) is 2.10. The van der Waals surface area contributed by atoms with Crippen LogP contribution in [0.4, 0.5) is 0 Å². The molecule has 3 heteroatoms. The van der Waals surface area contributed by atoms with Gasteiger partial charge in [0.25, 0.3) is 0 Å². The molecule has 0 N–H and O–H groups in total. The van der Waals surface area contributed by atoms with Crippen LogP contribution in [0.3, 0.4) is 0 Å². The van der Waals surface area contributed by atoms with Crippen molar-refractivity contribution in [2.75, 3.05) is 26.7 Å². The first kappa shape index (κ1) is 17.8. The molecule has 0 radical (unpaired) electrons. The summed E-state index contributed by atoms with van der Waals surface area (Å²) >= 11 is 0. The highest BCUT2D eigenvalue weighted by Gasteiger charge is 1.93. The van der Waals surface area contributed by atoms with Crippen LogP contribution in [0.15, 0.2) is 0 Å². The lowest BCUT2D eigenvalue weighted by Gasteiger charge is -2.14. The largest absolute Gasteiger partial charge is 0.466 e. The van der Waals surface area contributed by atoms with E-state index in [9.17, 15) is 4.79 Å². The van der Waals surface area contributed by atoms with E-state index in [1.54, 1.807) is 6.92 Å². The van der Waals surface area contributed by atoms with Crippen LogP contribution in [0.5, 0.6) is 0 Å². The Kier molecular flexibility index (Phi) is 16.1. The predicted octanol–water partition coefficient (Wildman–Crippen LogP) is 3.09. The minimum Gasteiger partial charge on any atom is -0.466 e. The summed E-state index contributed by atoms with van der Waals surface area (Å²) in [7, 11) is 2.21. The molecular weight excluding hydrogens is 202 g/mol. The van der Waals surface area contributed by atoms with Crippen LogP contribution in [0.2, 0.25) is 0 Å². The lowest BCUT2D eigenvalue weighted by atomic mass is 10.2. The Bertz CT molecular complexity index is 149. The van der Waals surface area contributed by atoms with E-state index in [1.165, 1.54) is 45.7 Å². The fourth-order valence-corrected chi connectivity index (χ4v) is 1.33. The molecule has 98 valence electrons. The van der Waals surface area contributed by atoms with Gasteiger partial charge in [0.05, 0.1) is 6.61 Å². The third-order valence-corrected chi connectivity index (χ3v) is 2.10. The van der Waals surface area contributed by atoms with Gasteiger partial charge in [0.1, 0.15) is 0 Å². The molecule has 0 aromatic heterocycles. The van der Waals surface area contributed by atoms with Crippen molar-refractivity contribution in [1.29, 1.82) is 0 Å². The summed E-state index contributed by atoms with van der Waals surface area (Å²) < 4.78 is 4.40. The maximum absolute atomic E-state index is 9.82. The number of carbonyl (C=O) groups is 1. The molecule has 0 aliphatic rings. The van der Waals surface area contributed by atoms with Crippen LogP contribution in [0, 0.1) is 0 Å². The summed E-state index contributed by atoms with van der Waals surface area (Å²) in [6, 6.07) is 0. The minimum absolute atomic E-state index is 0.211. The number of hydrogen-bond acceptors (Lipinski definition) is 3. The molecule has 0 heterocycles. The van der Waals surface area contributed by atoms with E-state index in [0.29, 0.717) is 6.61 Å². The molecule has 0 rings (SSSR count). The second-order valence-corrected chi connectivity index (χ2v) is 3.93. The van der Waals surface area contributed by atoms with Crippen LogP contribution < -0.4 is 0 Å². The van der Waals surface area contributed by atoms with Crippen molar-refractivity contribution in [1.82, 2.24) is 4.90 Å². The third kappa shape index (κ3) is 19.1. The first-order valence-electron chi connectivity index (χ1n) is 6.40. The first-order valence-corrected chi connectivity index (χ1v) is 6.40. The Labute approximate surface area is 101 Å². The molecule has 0 saturated heterocycles. The molecule has 0 aromatic rings. The monoisotopic (exact) mass is 231 g/mol. The number of nitrogens with zero attached hydrogens (tertiary/aromatic N) is 1. The number of rotatable bonds is 7. The van der Waals surface area contributed by atoms with Crippen molar-refractivity contribution in [2.24, 2.45) is 0 Å². The molecule has 16 heavy (non-hydrogen) atoms. The molecule has 0 saturated carbocycles. The van der Waals surface area contributed by atoms with Gasteiger partial charge in [-0.25, -0.2) is 0 Å². The lowest BCUT2D eigenvalue weighted by Crippen LogP contribution is -2.20. The van der Waals surface area contributed by atoms with Crippen LogP contribution >= 0.6 is 0 Å². The SMILES string of the molecule is CCCCCN(C)CCC.CCOC(C)=O. The van der Waals surface area contributed by atoms with E-state index >= 15 is 0 Å². The first-order chi connectivity index (χ1) is 7.58. The Balaban J connectivity index is 0. The van der Waals surface area contributed by atoms with Crippen molar-refractivity contribution in [2.45, 2.75) is 53.4 Å². The lowest BCUT2D eigenvalue weighted by molar-refractivity contribution is -0.140. The van der Waals surface area contributed by atoms with Crippen LogP contribution in [-0.4, -0.2) is 37.6 Å². The second-order valence-electron chi connectivity index (χ2n) is 3.93. The quantitative estimate of drug-likeness (QED) is 0.498. The molecule has 0 aliphatic carbocycles. The highest BCUT2D eigenvalue weighted by atomic mass is 16.5. The van der Waals surface area contributed by atoms with Gasteiger partial charge in [-0.15, -0.1) is 0 Å². The average molecular weight is 231 g/mol. The second kappa shape index (κ2) is 14.4. The van der Waals surface area contributed by atoms with Crippen molar-refractivity contribution < 1.29 is 9.53 Å². The van der Waals surface area contributed by atoms with Gasteiger partial charge in [-0.2, -0.15) is 0 Å². The summed E-state index contributed by atoms with van der Waals surface area (Å²) in [5.74, 6) is -0.211. The van der Waals surface area contributed by atoms with Crippen molar-refractivity contribution >= 4 is 5.97 Å². The summed E-state index contributed by atoms with van der Waals surface area (Å²) in [6.07, 6.45) is 5.36. The number of ether oxygens (including phenoxy) is 1. The van der Waals surface area contributed by atoms with E-state index in [2.05, 4.69) is 30.5 Å². The highest BCUT2D eigenvalue weighted by molar-refractivity contribution is 5.65. The van der Waals surface area contributed by atoms with E-state index in [1.807, 2.05) is 0 Å². The minimum atomic E-state index is -0.211. The summed E-state index contributed by atoms with van der Waals surface area (Å²) in [6.45, 7) is 10.7. The number of esters is 1. The van der Waals surface area contributed by atoms with Gasteiger partial charge in [-0.1, -0.05) is 26.7 Å².